The van der Waals surface area contributed by atoms with Crippen molar-refractivity contribution in [2.24, 2.45) is 5.73 Å². The minimum absolute atomic E-state index is 0.197. The summed E-state index contributed by atoms with van der Waals surface area (Å²) in [7, 11) is -3.34. The van der Waals surface area contributed by atoms with Crippen molar-refractivity contribution in [1.82, 2.24) is 4.31 Å². The van der Waals surface area contributed by atoms with Crippen molar-refractivity contribution in [3.8, 4) is 0 Å². The van der Waals surface area contributed by atoms with Crippen LogP contribution in [0.2, 0.25) is 0 Å². The second-order valence-corrected chi connectivity index (χ2v) is 8.15. The molecular formula is C13H22N2O3S2. The number of hydrogen-bond donors (Lipinski definition) is 1. The summed E-state index contributed by atoms with van der Waals surface area (Å²) in [6.45, 7) is 4.27. The lowest BCUT2D eigenvalue weighted by Gasteiger charge is -2.30. The number of thiophene rings is 1. The first-order chi connectivity index (χ1) is 9.57. The van der Waals surface area contributed by atoms with Gasteiger partial charge in [-0.25, -0.2) is 8.42 Å². The molecule has 0 spiro atoms. The number of rotatable bonds is 6. The molecule has 7 heteroatoms. The van der Waals surface area contributed by atoms with Crippen LogP contribution in [-0.4, -0.2) is 45.1 Å². The molecule has 0 saturated carbocycles. The molecular weight excluding hydrogens is 296 g/mol. The molecule has 1 aromatic heterocycles. The topological polar surface area (TPSA) is 72.6 Å². The Bertz CT molecular complexity index is 519. The van der Waals surface area contributed by atoms with Gasteiger partial charge in [-0.05, 0) is 44.9 Å². The SMILES string of the molecule is CCOC1CCN(S(=O)(=O)c2ccc(CCN)s2)CC1. The Morgan fingerprint density at radius 1 is 1.40 bits per heavy atom. The molecule has 2 heterocycles. The van der Waals surface area contributed by atoms with Gasteiger partial charge in [-0.1, -0.05) is 0 Å². The van der Waals surface area contributed by atoms with Crippen molar-refractivity contribution in [2.75, 3.05) is 26.2 Å². The molecule has 0 unspecified atom stereocenters. The molecule has 20 heavy (non-hydrogen) atoms. The number of ether oxygens (including phenoxy) is 1. The van der Waals surface area contributed by atoms with Crippen LogP contribution < -0.4 is 5.73 Å². The van der Waals surface area contributed by atoms with Crippen LogP contribution in [0.15, 0.2) is 16.3 Å². The normalized spacial score (nSPS) is 18.5. The van der Waals surface area contributed by atoms with Gasteiger partial charge in [0.05, 0.1) is 6.10 Å². The van der Waals surface area contributed by atoms with E-state index in [0.29, 0.717) is 30.5 Å². The van der Waals surface area contributed by atoms with Crippen molar-refractivity contribution in [2.45, 2.75) is 36.5 Å². The van der Waals surface area contributed by atoms with Crippen molar-refractivity contribution in [3.05, 3.63) is 17.0 Å². The Balaban J connectivity index is 2.03. The van der Waals surface area contributed by atoms with Crippen LogP contribution >= 0.6 is 11.3 Å². The molecule has 0 radical (unpaired) electrons. The van der Waals surface area contributed by atoms with E-state index in [9.17, 15) is 8.42 Å². The second-order valence-electron chi connectivity index (χ2n) is 4.82. The Kier molecular flexibility index (Phi) is 5.57. The summed E-state index contributed by atoms with van der Waals surface area (Å²) >= 11 is 1.33. The van der Waals surface area contributed by atoms with Crippen molar-refractivity contribution in [3.63, 3.8) is 0 Å². The van der Waals surface area contributed by atoms with E-state index in [-0.39, 0.29) is 6.10 Å². The molecule has 0 bridgehead atoms. The zero-order valence-corrected chi connectivity index (χ0v) is 13.4. The summed E-state index contributed by atoms with van der Waals surface area (Å²) in [4.78, 5) is 1.02. The van der Waals surface area contributed by atoms with Crippen molar-refractivity contribution >= 4 is 21.4 Å². The third kappa shape index (κ3) is 3.59. The smallest absolute Gasteiger partial charge is 0.252 e. The molecule has 2 rings (SSSR count). The fourth-order valence-electron chi connectivity index (χ4n) is 2.38. The minimum Gasteiger partial charge on any atom is -0.378 e. The lowest BCUT2D eigenvalue weighted by atomic mass is 10.1. The summed E-state index contributed by atoms with van der Waals surface area (Å²) in [6, 6.07) is 3.55. The van der Waals surface area contributed by atoms with E-state index < -0.39 is 10.0 Å². The Morgan fingerprint density at radius 2 is 2.10 bits per heavy atom. The molecule has 1 aromatic rings. The third-order valence-electron chi connectivity index (χ3n) is 3.43. The molecule has 0 amide bonds. The molecule has 1 aliphatic rings. The monoisotopic (exact) mass is 318 g/mol. The van der Waals surface area contributed by atoms with Crippen LogP contribution in [0, 0.1) is 0 Å². The maximum absolute atomic E-state index is 12.5. The summed E-state index contributed by atoms with van der Waals surface area (Å²) in [5, 5.41) is 0. The maximum atomic E-state index is 12.5. The number of piperidine rings is 1. The highest BCUT2D eigenvalue weighted by Crippen LogP contribution is 2.27. The van der Waals surface area contributed by atoms with E-state index in [2.05, 4.69) is 0 Å². The number of sulfonamides is 1. The molecule has 2 N–H and O–H groups in total. The van der Waals surface area contributed by atoms with Gasteiger partial charge in [-0.15, -0.1) is 11.3 Å². The van der Waals surface area contributed by atoms with Crippen molar-refractivity contribution in [1.29, 1.82) is 0 Å². The molecule has 1 fully saturated rings. The Hall–Kier alpha value is -0.470. The van der Waals surface area contributed by atoms with Crippen LogP contribution in [0.25, 0.3) is 0 Å². The van der Waals surface area contributed by atoms with Gasteiger partial charge in [0, 0.05) is 24.6 Å². The number of nitrogens with two attached hydrogens (primary N) is 1. The highest BCUT2D eigenvalue weighted by atomic mass is 32.2. The van der Waals surface area contributed by atoms with Crippen LogP contribution in [0.1, 0.15) is 24.6 Å². The van der Waals surface area contributed by atoms with Crippen LogP contribution in [-0.2, 0) is 21.2 Å². The molecule has 1 aliphatic heterocycles. The summed E-state index contributed by atoms with van der Waals surface area (Å²) in [6.07, 6.45) is 2.47. The molecule has 114 valence electrons. The molecule has 0 aliphatic carbocycles. The highest BCUT2D eigenvalue weighted by Gasteiger charge is 2.30. The van der Waals surface area contributed by atoms with E-state index >= 15 is 0 Å². The summed E-state index contributed by atoms with van der Waals surface area (Å²) in [5.41, 5.74) is 5.50. The average Bonchev–Trinajstić information content (AvgIpc) is 2.90. The fourth-order valence-corrected chi connectivity index (χ4v) is 5.37. The van der Waals surface area contributed by atoms with Gasteiger partial charge < -0.3 is 10.5 Å². The Morgan fingerprint density at radius 3 is 2.70 bits per heavy atom. The number of hydrogen-bond acceptors (Lipinski definition) is 5. The Labute approximate surface area is 124 Å². The standard InChI is InChI=1S/C13H22N2O3S2/c1-2-18-11-6-9-15(10-7-11)20(16,17)13-4-3-12(19-13)5-8-14/h3-4,11H,2,5-10,14H2,1H3. The zero-order valence-electron chi connectivity index (χ0n) is 11.7. The summed E-state index contributed by atoms with van der Waals surface area (Å²) < 4.78 is 32.6. The largest absolute Gasteiger partial charge is 0.378 e. The minimum atomic E-state index is -3.34. The summed E-state index contributed by atoms with van der Waals surface area (Å²) in [5.74, 6) is 0. The average molecular weight is 318 g/mol. The van der Waals surface area contributed by atoms with Gasteiger partial charge >= 0.3 is 0 Å². The predicted molar refractivity (Wildman–Crippen MR) is 80.5 cm³/mol. The van der Waals surface area contributed by atoms with Crippen LogP contribution in [0.4, 0.5) is 0 Å². The van der Waals surface area contributed by atoms with Gasteiger partial charge in [0.2, 0.25) is 0 Å². The van der Waals surface area contributed by atoms with E-state index in [1.165, 1.54) is 11.3 Å². The number of nitrogens with zero attached hydrogens (tertiary/aromatic N) is 1. The van der Waals surface area contributed by atoms with Gasteiger partial charge in [0.15, 0.2) is 0 Å². The fraction of sp³-hybridized carbons (Fsp3) is 0.692. The maximum Gasteiger partial charge on any atom is 0.252 e. The first-order valence-electron chi connectivity index (χ1n) is 6.98. The van der Waals surface area contributed by atoms with Gasteiger partial charge in [0.1, 0.15) is 4.21 Å². The van der Waals surface area contributed by atoms with Gasteiger partial charge in [0.25, 0.3) is 10.0 Å². The van der Waals surface area contributed by atoms with Gasteiger partial charge in [-0.3, -0.25) is 0 Å². The molecule has 0 aromatic carbocycles. The first-order valence-corrected chi connectivity index (χ1v) is 9.24. The second kappa shape index (κ2) is 7.00. The van der Waals surface area contributed by atoms with E-state index in [0.717, 1.165) is 24.1 Å². The van der Waals surface area contributed by atoms with Gasteiger partial charge in [-0.2, -0.15) is 4.31 Å². The molecule has 1 saturated heterocycles. The van der Waals surface area contributed by atoms with Crippen molar-refractivity contribution < 1.29 is 13.2 Å². The van der Waals surface area contributed by atoms with E-state index in [1.807, 2.05) is 13.0 Å². The third-order valence-corrected chi connectivity index (χ3v) is 6.94. The first kappa shape index (κ1) is 15.9. The molecule has 0 atom stereocenters. The van der Waals surface area contributed by atoms with E-state index in [4.69, 9.17) is 10.5 Å². The highest BCUT2D eigenvalue weighted by molar-refractivity contribution is 7.91. The zero-order chi connectivity index (χ0) is 14.6. The predicted octanol–water partition coefficient (Wildman–Crippen LogP) is 1.44. The van der Waals surface area contributed by atoms with E-state index in [1.54, 1.807) is 10.4 Å². The van der Waals surface area contributed by atoms with Crippen LogP contribution in [0.5, 0.6) is 0 Å². The van der Waals surface area contributed by atoms with Crippen LogP contribution in [0.3, 0.4) is 0 Å². The molecule has 5 nitrogen and oxygen atoms in total. The lowest BCUT2D eigenvalue weighted by Crippen LogP contribution is -2.40. The quantitative estimate of drug-likeness (QED) is 0.861. The lowest BCUT2D eigenvalue weighted by molar-refractivity contribution is 0.0290.